The third-order valence-electron chi connectivity index (χ3n) is 3.39. The van der Waals surface area contributed by atoms with Crippen molar-refractivity contribution in [3.63, 3.8) is 0 Å². The molecular weight excluding hydrogens is 216 g/mol. The van der Waals surface area contributed by atoms with Gasteiger partial charge in [-0.2, -0.15) is 0 Å². The molecule has 0 aliphatic carbocycles. The van der Waals surface area contributed by atoms with E-state index in [1.54, 1.807) is 0 Å². The highest BCUT2D eigenvalue weighted by molar-refractivity contribution is 5.82. The van der Waals surface area contributed by atoms with E-state index in [-0.39, 0.29) is 24.1 Å². The normalized spacial score (nSPS) is 28.4. The zero-order valence-electron chi connectivity index (χ0n) is 11.7. The third kappa shape index (κ3) is 3.42. The smallest absolute Gasteiger partial charge is 0.240 e. The summed E-state index contributed by atoms with van der Waals surface area (Å²) in [6.45, 7) is 10.1. The number of amides is 1. The lowest BCUT2D eigenvalue weighted by Gasteiger charge is -2.37. The van der Waals surface area contributed by atoms with Gasteiger partial charge in [0.25, 0.3) is 0 Å². The first-order valence-electron chi connectivity index (χ1n) is 6.40. The predicted molar refractivity (Wildman–Crippen MR) is 68.8 cm³/mol. The second kappa shape index (κ2) is 5.36. The summed E-state index contributed by atoms with van der Waals surface area (Å²) >= 11 is 0. The molecule has 0 bridgehead atoms. The molecule has 0 aromatic carbocycles. The van der Waals surface area contributed by atoms with E-state index in [9.17, 15) is 4.79 Å². The summed E-state index contributed by atoms with van der Waals surface area (Å²) in [6.07, 6.45) is 0.522. The summed E-state index contributed by atoms with van der Waals surface area (Å²) in [5.74, 6) is 0.616. The lowest BCUT2D eigenvalue weighted by atomic mass is 10.0. The van der Waals surface area contributed by atoms with Gasteiger partial charge in [-0.25, -0.2) is 0 Å². The summed E-state index contributed by atoms with van der Waals surface area (Å²) in [4.78, 5) is 16.5. The van der Waals surface area contributed by atoms with Crippen LogP contribution >= 0.6 is 0 Å². The van der Waals surface area contributed by atoms with Gasteiger partial charge in [0.2, 0.25) is 5.91 Å². The molecule has 0 saturated carbocycles. The van der Waals surface area contributed by atoms with Crippen LogP contribution in [0.4, 0.5) is 0 Å². The van der Waals surface area contributed by atoms with Crippen LogP contribution in [-0.2, 0) is 4.79 Å². The van der Waals surface area contributed by atoms with Gasteiger partial charge in [-0.05, 0) is 40.2 Å². The molecule has 2 unspecified atom stereocenters. The minimum atomic E-state index is -0.177. The molecule has 1 N–H and O–H groups in total. The largest absolute Gasteiger partial charge is 0.396 e. The fourth-order valence-corrected chi connectivity index (χ4v) is 2.52. The molecule has 0 radical (unpaired) electrons. The van der Waals surface area contributed by atoms with Gasteiger partial charge in [0.1, 0.15) is 0 Å². The van der Waals surface area contributed by atoms with Crippen LogP contribution in [0.5, 0.6) is 0 Å². The summed E-state index contributed by atoms with van der Waals surface area (Å²) in [5.41, 5.74) is -0.149. The second-order valence-electron chi connectivity index (χ2n) is 6.19. The molecule has 0 spiro atoms. The Balaban J connectivity index is 2.96. The van der Waals surface area contributed by atoms with Crippen LogP contribution in [0.2, 0.25) is 0 Å². The minimum absolute atomic E-state index is 0.0626. The molecule has 1 saturated heterocycles. The first-order valence-corrected chi connectivity index (χ1v) is 6.40. The summed E-state index contributed by atoms with van der Waals surface area (Å²) in [5, 5.41) is 9.10. The summed E-state index contributed by atoms with van der Waals surface area (Å²) < 4.78 is 0. The Morgan fingerprint density at radius 3 is 2.41 bits per heavy atom. The van der Waals surface area contributed by atoms with E-state index in [4.69, 9.17) is 5.11 Å². The van der Waals surface area contributed by atoms with E-state index >= 15 is 0 Å². The molecule has 1 heterocycles. The average Bonchev–Trinajstić information content (AvgIpc) is 2.28. The van der Waals surface area contributed by atoms with E-state index in [0.717, 1.165) is 13.1 Å². The van der Waals surface area contributed by atoms with Gasteiger partial charge in [0.05, 0.1) is 6.04 Å². The van der Waals surface area contributed by atoms with Gasteiger partial charge in [-0.15, -0.1) is 0 Å². The van der Waals surface area contributed by atoms with Crippen LogP contribution in [0.15, 0.2) is 0 Å². The van der Waals surface area contributed by atoms with Crippen molar-refractivity contribution in [1.82, 2.24) is 9.80 Å². The van der Waals surface area contributed by atoms with E-state index in [0.29, 0.717) is 12.3 Å². The standard InChI is InChI=1S/C13H26N2O2/c1-10-8-14(5)11(6-7-16)12(17)15(9-10)13(2,3)4/h10-11,16H,6-9H2,1-5H3. The Morgan fingerprint density at radius 2 is 1.94 bits per heavy atom. The van der Waals surface area contributed by atoms with Crippen LogP contribution in [0.25, 0.3) is 0 Å². The highest BCUT2D eigenvalue weighted by Gasteiger charge is 2.37. The Kier molecular flexibility index (Phi) is 4.55. The molecule has 4 nitrogen and oxygen atoms in total. The molecule has 100 valence electrons. The topological polar surface area (TPSA) is 43.8 Å². The number of nitrogens with zero attached hydrogens (tertiary/aromatic N) is 2. The first kappa shape index (κ1) is 14.5. The highest BCUT2D eigenvalue weighted by atomic mass is 16.3. The number of aliphatic hydroxyl groups is 1. The van der Waals surface area contributed by atoms with Crippen molar-refractivity contribution < 1.29 is 9.90 Å². The Bertz CT molecular complexity index is 273. The lowest BCUT2D eigenvalue weighted by molar-refractivity contribution is -0.140. The van der Waals surface area contributed by atoms with Crippen LogP contribution < -0.4 is 0 Å². The monoisotopic (exact) mass is 242 g/mol. The number of likely N-dealkylation sites (N-methyl/N-ethyl adjacent to an activating group) is 1. The Labute approximate surface area is 105 Å². The van der Waals surface area contributed by atoms with E-state index in [2.05, 4.69) is 32.6 Å². The van der Waals surface area contributed by atoms with Gasteiger partial charge in [-0.1, -0.05) is 6.92 Å². The quantitative estimate of drug-likeness (QED) is 0.784. The number of hydrogen-bond acceptors (Lipinski definition) is 3. The van der Waals surface area contributed by atoms with Crippen molar-refractivity contribution in [1.29, 1.82) is 0 Å². The molecule has 17 heavy (non-hydrogen) atoms. The van der Waals surface area contributed by atoms with Crippen molar-refractivity contribution in [3.8, 4) is 0 Å². The van der Waals surface area contributed by atoms with Crippen molar-refractivity contribution in [2.24, 2.45) is 5.92 Å². The maximum absolute atomic E-state index is 12.5. The Hall–Kier alpha value is -0.610. The molecule has 1 rings (SSSR count). The number of carbonyl (C=O) groups is 1. The number of carbonyl (C=O) groups excluding carboxylic acids is 1. The first-order chi connectivity index (χ1) is 7.77. The fraction of sp³-hybridized carbons (Fsp3) is 0.923. The molecule has 1 amide bonds. The predicted octanol–water partition coefficient (Wildman–Crippen LogP) is 0.946. The van der Waals surface area contributed by atoms with Crippen molar-refractivity contribution in [2.45, 2.75) is 45.7 Å². The average molecular weight is 242 g/mol. The van der Waals surface area contributed by atoms with Crippen molar-refractivity contribution in [2.75, 3.05) is 26.7 Å². The maximum Gasteiger partial charge on any atom is 0.240 e. The molecule has 2 atom stereocenters. The number of rotatable bonds is 2. The summed E-state index contributed by atoms with van der Waals surface area (Å²) in [7, 11) is 1.97. The molecular formula is C13H26N2O2. The molecule has 0 aromatic heterocycles. The van der Waals surface area contributed by atoms with Gasteiger partial charge < -0.3 is 10.0 Å². The van der Waals surface area contributed by atoms with Crippen LogP contribution in [0, 0.1) is 5.92 Å². The van der Waals surface area contributed by atoms with Gasteiger partial charge in [0, 0.05) is 25.2 Å². The number of aliphatic hydroxyl groups excluding tert-OH is 1. The van der Waals surface area contributed by atoms with Crippen molar-refractivity contribution >= 4 is 5.91 Å². The molecule has 4 heteroatoms. The third-order valence-corrected chi connectivity index (χ3v) is 3.39. The molecule has 1 fully saturated rings. The number of hydrogen-bond donors (Lipinski definition) is 1. The van der Waals surface area contributed by atoms with Crippen LogP contribution in [0.1, 0.15) is 34.1 Å². The highest BCUT2D eigenvalue weighted by Crippen LogP contribution is 2.23. The maximum atomic E-state index is 12.5. The second-order valence-corrected chi connectivity index (χ2v) is 6.19. The molecule has 0 aromatic rings. The molecule has 1 aliphatic heterocycles. The zero-order chi connectivity index (χ0) is 13.2. The minimum Gasteiger partial charge on any atom is -0.396 e. The SMILES string of the molecule is CC1CN(C)C(CCO)C(=O)N(C(C)(C)C)C1. The van der Waals surface area contributed by atoms with Gasteiger partial charge >= 0.3 is 0 Å². The van der Waals surface area contributed by atoms with Crippen LogP contribution in [-0.4, -0.2) is 59.1 Å². The van der Waals surface area contributed by atoms with Crippen LogP contribution in [0.3, 0.4) is 0 Å². The van der Waals surface area contributed by atoms with Crippen molar-refractivity contribution in [3.05, 3.63) is 0 Å². The Morgan fingerprint density at radius 1 is 1.35 bits per heavy atom. The van der Waals surface area contributed by atoms with E-state index < -0.39 is 0 Å². The van der Waals surface area contributed by atoms with E-state index in [1.807, 2.05) is 11.9 Å². The lowest BCUT2D eigenvalue weighted by Crippen LogP contribution is -2.52. The zero-order valence-corrected chi connectivity index (χ0v) is 11.7. The fourth-order valence-electron chi connectivity index (χ4n) is 2.52. The van der Waals surface area contributed by atoms with Gasteiger partial charge in [-0.3, -0.25) is 9.69 Å². The van der Waals surface area contributed by atoms with Gasteiger partial charge in [0.15, 0.2) is 0 Å². The van der Waals surface area contributed by atoms with E-state index in [1.165, 1.54) is 0 Å². The summed E-state index contributed by atoms with van der Waals surface area (Å²) in [6, 6.07) is -0.177. The molecule has 1 aliphatic rings.